The van der Waals surface area contributed by atoms with E-state index in [2.05, 4.69) is 29.4 Å². The zero-order chi connectivity index (χ0) is 13.8. The minimum absolute atomic E-state index is 0.283. The number of aromatic amines is 1. The Morgan fingerprint density at radius 1 is 1.53 bits per heavy atom. The molecule has 2 aromatic heterocycles. The third-order valence-electron chi connectivity index (χ3n) is 2.63. The van der Waals surface area contributed by atoms with Crippen LogP contribution < -0.4 is 5.32 Å². The fraction of sp³-hybridized carbons (Fsp3) is 0.385. The molecule has 2 rings (SSSR count). The van der Waals surface area contributed by atoms with E-state index in [0.717, 1.165) is 17.2 Å². The molecule has 0 aliphatic rings. The summed E-state index contributed by atoms with van der Waals surface area (Å²) in [5, 5.41) is 9.64. The summed E-state index contributed by atoms with van der Waals surface area (Å²) in [5.41, 5.74) is 0.984. The molecule has 5 nitrogen and oxygen atoms in total. The number of rotatable bonds is 5. The van der Waals surface area contributed by atoms with Crippen LogP contribution >= 0.6 is 11.8 Å². The van der Waals surface area contributed by atoms with Crippen molar-refractivity contribution in [2.75, 3.05) is 11.6 Å². The van der Waals surface area contributed by atoms with Crippen molar-refractivity contribution < 1.29 is 9.21 Å². The maximum Gasteiger partial charge on any atom is 0.292 e. The standard InChI is InChI=1S/C13H17N3O2S/c1-8(2)10-6-12(16-15-10)14-13(17)11-5-4-9(18-11)7-19-3/h4-6,8H,7H2,1-3H3,(H2,14,15,16,17). The first-order valence-corrected chi connectivity index (χ1v) is 7.44. The maximum atomic E-state index is 11.9. The van der Waals surface area contributed by atoms with E-state index in [0.29, 0.717) is 17.5 Å². The molecule has 19 heavy (non-hydrogen) atoms. The van der Waals surface area contributed by atoms with E-state index in [-0.39, 0.29) is 5.91 Å². The topological polar surface area (TPSA) is 70.9 Å². The van der Waals surface area contributed by atoms with Crippen molar-refractivity contribution in [2.24, 2.45) is 0 Å². The lowest BCUT2D eigenvalue weighted by molar-refractivity contribution is 0.0995. The molecule has 102 valence electrons. The van der Waals surface area contributed by atoms with E-state index in [9.17, 15) is 4.79 Å². The van der Waals surface area contributed by atoms with E-state index in [1.54, 1.807) is 17.8 Å². The summed E-state index contributed by atoms with van der Waals surface area (Å²) in [6, 6.07) is 5.32. The number of nitrogens with zero attached hydrogens (tertiary/aromatic N) is 1. The van der Waals surface area contributed by atoms with Crippen LogP contribution in [0.1, 0.15) is 41.8 Å². The highest BCUT2D eigenvalue weighted by molar-refractivity contribution is 7.97. The Hall–Kier alpha value is -1.69. The van der Waals surface area contributed by atoms with Crippen LogP contribution in [0.15, 0.2) is 22.6 Å². The molecule has 2 heterocycles. The Bertz CT molecular complexity index is 560. The number of hydrogen-bond donors (Lipinski definition) is 2. The molecule has 0 spiro atoms. The van der Waals surface area contributed by atoms with Gasteiger partial charge in [-0.3, -0.25) is 9.89 Å². The van der Waals surface area contributed by atoms with Gasteiger partial charge in [-0.2, -0.15) is 16.9 Å². The molecule has 0 aliphatic heterocycles. The number of furan rings is 1. The molecule has 0 radical (unpaired) electrons. The molecule has 0 atom stereocenters. The molecule has 0 fully saturated rings. The SMILES string of the molecule is CSCc1ccc(C(=O)Nc2cc(C(C)C)[nH]n2)o1. The van der Waals surface area contributed by atoms with Gasteiger partial charge in [0.15, 0.2) is 11.6 Å². The number of carbonyl (C=O) groups excluding carboxylic acids is 1. The summed E-state index contributed by atoms with van der Waals surface area (Å²) >= 11 is 1.65. The number of amides is 1. The molecule has 0 bridgehead atoms. The normalized spacial score (nSPS) is 10.9. The van der Waals surface area contributed by atoms with Crippen LogP contribution in [0.25, 0.3) is 0 Å². The van der Waals surface area contributed by atoms with E-state index >= 15 is 0 Å². The second-order valence-electron chi connectivity index (χ2n) is 4.52. The first-order chi connectivity index (χ1) is 9.10. The third-order valence-corrected chi connectivity index (χ3v) is 3.21. The summed E-state index contributed by atoms with van der Waals surface area (Å²) in [4.78, 5) is 11.9. The van der Waals surface area contributed by atoms with Crippen molar-refractivity contribution in [2.45, 2.75) is 25.5 Å². The highest BCUT2D eigenvalue weighted by Gasteiger charge is 2.13. The monoisotopic (exact) mass is 279 g/mol. The van der Waals surface area contributed by atoms with Crippen LogP contribution in [0.4, 0.5) is 5.82 Å². The fourth-order valence-corrected chi connectivity index (χ4v) is 2.03. The smallest absolute Gasteiger partial charge is 0.292 e. The van der Waals surface area contributed by atoms with Crippen molar-refractivity contribution in [3.8, 4) is 0 Å². The first kappa shape index (κ1) is 13.7. The molecule has 6 heteroatoms. The highest BCUT2D eigenvalue weighted by atomic mass is 32.2. The molecule has 0 aromatic carbocycles. The summed E-state index contributed by atoms with van der Waals surface area (Å²) in [6.07, 6.45) is 1.99. The second-order valence-corrected chi connectivity index (χ2v) is 5.38. The predicted molar refractivity (Wildman–Crippen MR) is 76.6 cm³/mol. The molecular weight excluding hydrogens is 262 g/mol. The van der Waals surface area contributed by atoms with Gasteiger partial charge in [-0.05, 0) is 24.3 Å². The minimum Gasteiger partial charge on any atom is -0.455 e. The van der Waals surface area contributed by atoms with Gasteiger partial charge in [0, 0.05) is 11.8 Å². The van der Waals surface area contributed by atoms with Gasteiger partial charge in [0.1, 0.15) is 5.76 Å². The number of nitrogens with one attached hydrogen (secondary N) is 2. The molecule has 1 amide bonds. The Morgan fingerprint density at radius 2 is 2.32 bits per heavy atom. The van der Waals surface area contributed by atoms with E-state index in [1.165, 1.54) is 0 Å². The van der Waals surface area contributed by atoms with Crippen LogP contribution in [0, 0.1) is 0 Å². The summed E-state index contributed by atoms with van der Waals surface area (Å²) in [5.74, 6) is 2.43. The largest absolute Gasteiger partial charge is 0.455 e. The zero-order valence-corrected chi connectivity index (χ0v) is 12.0. The number of H-pyrrole nitrogens is 1. The fourth-order valence-electron chi connectivity index (χ4n) is 1.59. The number of thioether (sulfide) groups is 1. The van der Waals surface area contributed by atoms with Gasteiger partial charge in [-0.1, -0.05) is 13.8 Å². The number of carbonyl (C=O) groups is 1. The van der Waals surface area contributed by atoms with Gasteiger partial charge in [0.05, 0.1) is 5.75 Å². The zero-order valence-electron chi connectivity index (χ0n) is 11.2. The van der Waals surface area contributed by atoms with Gasteiger partial charge >= 0.3 is 0 Å². The van der Waals surface area contributed by atoms with E-state index in [4.69, 9.17) is 4.42 Å². The Kier molecular flexibility index (Phi) is 4.31. The number of anilines is 1. The van der Waals surface area contributed by atoms with Crippen LogP contribution in [-0.2, 0) is 5.75 Å². The Morgan fingerprint density at radius 3 is 2.95 bits per heavy atom. The van der Waals surface area contributed by atoms with Crippen LogP contribution in [-0.4, -0.2) is 22.4 Å². The molecular formula is C13H17N3O2S. The van der Waals surface area contributed by atoms with Gasteiger partial charge in [-0.25, -0.2) is 0 Å². The molecule has 2 aromatic rings. The first-order valence-electron chi connectivity index (χ1n) is 6.04. The lowest BCUT2D eigenvalue weighted by atomic mass is 10.1. The Labute approximate surface area is 116 Å². The van der Waals surface area contributed by atoms with Crippen molar-refractivity contribution in [1.82, 2.24) is 10.2 Å². The summed E-state index contributed by atoms with van der Waals surface area (Å²) in [7, 11) is 0. The van der Waals surface area contributed by atoms with Crippen LogP contribution in [0.5, 0.6) is 0 Å². The highest BCUT2D eigenvalue weighted by Crippen LogP contribution is 2.17. The van der Waals surface area contributed by atoms with E-state index < -0.39 is 0 Å². The van der Waals surface area contributed by atoms with Crippen molar-refractivity contribution in [3.05, 3.63) is 35.4 Å². The number of aromatic nitrogens is 2. The quantitative estimate of drug-likeness (QED) is 0.881. The van der Waals surface area contributed by atoms with Gasteiger partial charge < -0.3 is 9.73 Å². The van der Waals surface area contributed by atoms with Crippen LogP contribution in [0.3, 0.4) is 0 Å². The van der Waals surface area contributed by atoms with E-state index in [1.807, 2.05) is 18.4 Å². The summed E-state index contributed by atoms with van der Waals surface area (Å²) < 4.78 is 5.44. The molecule has 0 saturated carbocycles. The third kappa shape index (κ3) is 3.41. The van der Waals surface area contributed by atoms with Gasteiger partial charge in [0.2, 0.25) is 0 Å². The lowest BCUT2D eigenvalue weighted by Crippen LogP contribution is -2.11. The lowest BCUT2D eigenvalue weighted by Gasteiger charge is -1.98. The minimum atomic E-state index is -0.283. The predicted octanol–water partition coefficient (Wildman–Crippen LogP) is 3.24. The molecule has 0 unspecified atom stereocenters. The van der Waals surface area contributed by atoms with Crippen LogP contribution in [0.2, 0.25) is 0 Å². The van der Waals surface area contributed by atoms with Crippen molar-refractivity contribution in [1.29, 1.82) is 0 Å². The second kappa shape index (κ2) is 5.97. The molecule has 0 aliphatic carbocycles. The Balaban J connectivity index is 2.02. The summed E-state index contributed by atoms with van der Waals surface area (Å²) in [6.45, 7) is 4.11. The molecule has 0 saturated heterocycles. The van der Waals surface area contributed by atoms with Gasteiger partial charge in [0.25, 0.3) is 5.91 Å². The van der Waals surface area contributed by atoms with Crippen molar-refractivity contribution >= 4 is 23.5 Å². The van der Waals surface area contributed by atoms with Crippen molar-refractivity contribution in [3.63, 3.8) is 0 Å². The van der Waals surface area contributed by atoms with Gasteiger partial charge in [-0.15, -0.1) is 0 Å². The average Bonchev–Trinajstić information content (AvgIpc) is 2.98. The number of hydrogen-bond acceptors (Lipinski definition) is 4. The maximum absolute atomic E-state index is 11.9. The average molecular weight is 279 g/mol. The molecule has 2 N–H and O–H groups in total.